The van der Waals surface area contributed by atoms with E-state index in [1.807, 2.05) is 42.7 Å². The second kappa shape index (κ2) is 12.7. The lowest BCUT2D eigenvalue weighted by Crippen LogP contribution is -2.53. The van der Waals surface area contributed by atoms with Gasteiger partial charge in [0.25, 0.3) is 0 Å². The van der Waals surface area contributed by atoms with Crippen LogP contribution in [-0.2, 0) is 20.6 Å². The van der Waals surface area contributed by atoms with Gasteiger partial charge in [-0.1, -0.05) is 57.7 Å². The third kappa shape index (κ3) is 6.37. The number of benzene rings is 2. The summed E-state index contributed by atoms with van der Waals surface area (Å²) in [6.07, 6.45) is 7.46. The fourth-order valence-corrected chi connectivity index (χ4v) is 8.32. The molecule has 0 fully saturated rings. The summed E-state index contributed by atoms with van der Waals surface area (Å²) >= 11 is 2.87. The molecule has 0 unspecified atom stereocenters. The van der Waals surface area contributed by atoms with E-state index in [1.165, 1.54) is 11.8 Å². The Labute approximate surface area is 237 Å². The molecule has 1 aliphatic heterocycles. The first-order valence-electron chi connectivity index (χ1n) is 13.3. The first-order chi connectivity index (χ1) is 17.9. The first kappa shape index (κ1) is 30.9. The molecule has 9 heteroatoms. The van der Waals surface area contributed by atoms with Crippen molar-refractivity contribution in [2.75, 3.05) is 24.7 Å². The van der Waals surface area contributed by atoms with Crippen molar-refractivity contribution in [2.45, 2.75) is 92.0 Å². The highest BCUT2D eigenvalue weighted by Crippen LogP contribution is 2.46. The predicted octanol–water partition coefficient (Wildman–Crippen LogP) is 7.40. The van der Waals surface area contributed by atoms with Crippen molar-refractivity contribution in [3.05, 3.63) is 48.0 Å². The van der Waals surface area contributed by atoms with Gasteiger partial charge in [-0.25, -0.2) is 8.42 Å². The number of rotatable bonds is 12. The summed E-state index contributed by atoms with van der Waals surface area (Å²) in [6.45, 7) is 8.23. The number of hydrogen-bond acceptors (Lipinski definition) is 6. The normalized spacial score (nSPS) is 17.2. The van der Waals surface area contributed by atoms with Gasteiger partial charge >= 0.3 is 5.97 Å². The van der Waals surface area contributed by atoms with E-state index in [9.17, 15) is 18.3 Å². The Morgan fingerprint density at radius 3 is 2.21 bits per heavy atom. The minimum Gasteiger partial charge on any atom is -0.480 e. The van der Waals surface area contributed by atoms with Crippen molar-refractivity contribution in [1.29, 1.82) is 0 Å². The third-order valence-corrected chi connectivity index (χ3v) is 11.7. The molecule has 1 N–H and O–H groups in total. The number of thioether (sulfide) groups is 2. The lowest BCUT2D eigenvalue weighted by atomic mass is 9.86. The number of carboxylic acid groups (broad SMARTS) is 1. The number of carbonyl (C=O) groups is 1. The molecule has 3 rings (SSSR count). The number of unbranched alkanes of at least 4 members (excludes halogenated alkanes) is 2. The number of carboxylic acids is 1. The lowest BCUT2D eigenvalue weighted by Gasteiger charge is -2.42. The van der Waals surface area contributed by atoms with Crippen LogP contribution in [-0.4, -0.2) is 53.9 Å². The smallest absolute Gasteiger partial charge is 0.319 e. The number of fused-ring (bicyclic) bond motifs is 1. The molecule has 38 heavy (non-hydrogen) atoms. The van der Waals surface area contributed by atoms with Gasteiger partial charge in [0.1, 0.15) is 9.64 Å². The van der Waals surface area contributed by atoms with Crippen molar-refractivity contribution in [3.63, 3.8) is 0 Å². The van der Waals surface area contributed by atoms with E-state index >= 15 is 0 Å². The van der Waals surface area contributed by atoms with Crippen LogP contribution in [0.15, 0.2) is 52.3 Å². The van der Waals surface area contributed by atoms with E-state index in [0.29, 0.717) is 22.9 Å². The minimum atomic E-state index is -3.83. The molecule has 2 aromatic carbocycles. The van der Waals surface area contributed by atoms with Gasteiger partial charge in [-0.05, 0) is 62.8 Å². The number of hydrogen-bond donors (Lipinski definition) is 1. The zero-order chi connectivity index (χ0) is 28.1. The summed E-state index contributed by atoms with van der Waals surface area (Å²) in [5.41, 5.74) is 1.96. The molecule has 0 bridgehead atoms. The zero-order valence-corrected chi connectivity index (χ0v) is 25.9. The van der Waals surface area contributed by atoms with E-state index < -0.39 is 26.3 Å². The molecule has 1 heterocycles. The van der Waals surface area contributed by atoms with Crippen LogP contribution >= 0.6 is 23.5 Å². The molecule has 0 saturated heterocycles. The monoisotopic (exact) mass is 578 g/mol. The number of nitrogens with zero attached hydrogens (tertiary/aromatic N) is 2. The molecule has 0 saturated carbocycles. The molecule has 0 aromatic heterocycles. The number of para-hydroxylation sites is 1. The van der Waals surface area contributed by atoms with Gasteiger partial charge < -0.3 is 10.0 Å². The molecule has 0 amide bonds. The second-order valence-corrected chi connectivity index (χ2v) is 14.9. The zero-order valence-electron chi connectivity index (χ0n) is 23.5. The van der Waals surface area contributed by atoms with Crippen molar-refractivity contribution >= 4 is 50.9 Å². The highest BCUT2D eigenvalue weighted by atomic mass is 32.2. The van der Waals surface area contributed by atoms with Gasteiger partial charge in [-0.2, -0.15) is 4.31 Å². The largest absolute Gasteiger partial charge is 0.480 e. The van der Waals surface area contributed by atoms with Crippen LogP contribution in [0.3, 0.4) is 0 Å². The van der Waals surface area contributed by atoms with Gasteiger partial charge in [-0.15, -0.1) is 23.5 Å². The summed E-state index contributed by atoms with van der Waals surface area (Å²) in [6, 6.07) is 13.8. The van der Waals surface area contributed by atoms with Crippen LogP contribution in [0.5, 0.6) is 0 Å². The molecule has 0 aliphatic carbocycles. The average Bonchev–Trinajstić information content (AvgIpc) is 2.97. The van der Waals surface area contributed by atoms with Gasteiger partial charge in [0, 0.05) is 29.9 Å². The SMILES string of the molecule is CCCCC1(CCCC)CN(c2ccccc2)c2cc(SC)c(CSC(C)(C)C(=O)O)cc2S(=O)(=O)N1C. The average molecular weight is 579 g/mol. The van der Waals surface area contributed by atoms with Crippen LogP contribution in [0, 0.1) is 0 Å². The Hall–Kier alpha value is -1.68. The van der Waals surface area contributed by atoms with Crippen molar-refractivity contribution in [2.24, 2.45) is 0 Å². The predicted molar refractivity (Wildman–Crippen MR) is 161 cm³/mol. The van der Waals surface area contributed by atoms with Crippen molar-refractivity contribution in [3.8, 4) is 0 Å². The van der Waals surface area contributed by atoms with Gasteiger partial charge in [0.05, 0.1) is 11.2 Å². The Bertz CT molecular complexity index is 1210. The molecular weight excluding hydrogens is 537 g/mol. The number of sulfonamides is 1. The third-order valence-electron chi connectivity index (χ3n) is 7.57. The van der Waals surface area contributed by atoms with Crippen LogP contribution in [0.25, 0.3) is 0 Å². The fraction of sp³-hybridized carbons (Fsp3) is 0.552. The molecule has 1 aliphatic rings. The highest BCUT2D eigenvalue weighted by molar-refractivity contribution is 8.00. The van der Waals surface area contributed by atoms with Crippen LogP contribution in [0.1, 0.15) is 71.8 Å². The summed E-state index contributed by atoms with van der Waals surface area (Å²) in [5.74, 6) is -0.480. The molecule has 6 nitrogen and oxygen atoms in total. The maximum atomic E-state index is 14.4. The van der Waals surface area contributed by atoms with E-state index in [-0.39, 0.29) is 0 Å². The van der Waals surface area contributed by atoms with Gasteiger partial charge in [0.2, 0.25) is 10.0 Å². The topological polar surface area (TPSA) is 77.9 Å². The summed E-state index contributed by atoms with van der Waals surface area (Å²) < 4.78 is 29.5. The number of aliphatic carboxylic acids is 1. The molecule has 0 radical (unpaired) electrons. The van der Waals surface area contributed by atoms with Crippen molar-refractivity contribution in [1.82, 2.24) is 4.31 Å². The second-order valence-electron chi connectivity index (χ2n) is 10.6. The summed E-state index contributed by atoms with van der Waals surface area (Å²) in [7, 11) is -2.07. The standard InChI is InChI=1S/C29H42N2O4S3/c1-7-9-16-29(17-10-8-2)21-31(23-14-12-11-13-15-23)24-19-25(36-6)22(20-37-28(3,4)27(32)33)18-26(24)38(34,35)30(29)5/h11-15,18-19H,7-10,16-17,20-21H2,1-6H3,(H,32,33). The van der Waals surface area contributed by atoms with E-state index in [2.05, 4.69) is 18.7 Å². The number of likely N-dealkylation sites (N-methyl/N-ethyl adjacent to an activating group) is 1. The Balaban J connectivity index is 2.26. The summed E-state index contributed by atoms with van der Waals surface area (Å²) in [4.78, 5) is 15.2. The van der Waals surface area contributed by atoms with Crippen LogP contribution in [0.4, 0.5) is 11.4 Å². The van der Waals surface area contributed by atoms with Gasteiger partial charge in [0.15, 0.2) is 0 Å². The van der Waals surface area contributed by atoms with E-state index in [1.54, 1.807) is 43.0 Å². The molecular formula is C29H42N2O4S3. The Morgan fingerprint density at radius 1 is 1.08 bits per heavy atom. The van der Waals surface area contributed by atoms with Gasteiger partial charge in [-0.3, -0.25) is 4.79 Å². The van der Waals surface area contributed by atoms with Crippen molar-refractivity contribution < 1.29 is 18.3 Å². The minimum absolute atomic E-state index is 0.292. The van der Waals surface area contributed by atoms with E-state index in [4.69, 9.17) is 0 Å². The highest BCUT2D eigenvalue weighted by Gasteiger charge is 2.46. The van der Waals surface area contributed by atoms with E-state index in [0.717, 1.165) is 54.7 Å². The molecule has 0 atom stereocenters. The Morgan fingerprint density at radius 2 is 1.68 bits per heavy atom. The fourth-order valence-electron chi connectivity index (χ4n) is 4.96. The Kier molecular flexibility index (Phi) is 10.3. The first-order valence-corrected chi connectivity index (χ1v) is 17.0. The quantitative estimate of drug-likeness (QED) is 0.263. The molecule has 210 valence electrons. The molecule has 2 aromatic rings. The maximum Gasteiger partial charge on any atom is 0.319 e. The van der Waals surface area contributed by atoms with Crippen LogP contribution < -0.4 is 4.90 Å². The number of anilines is 2. The summed E-state index contributed by atoms with van der Waals surface area (Å²) in [5, 5.41) is 9.62. The lowest BCUT2D eigenvalue weighted by molar-refractivity contribution is -0.138. The maximum absolute atomic E-state index is 14.4. The van der Waals surface area contributed by atoms with Crippen LogP contribution in [0.2, 0.25) is 0 Å². The molecule has 0 spiro atoms.